The Morgan fingerprint density at radius 2 is 2.09 bits per heavy atom. The summed E-state index contributed by atoms with van der Waals surface area (Å²) in [5, 5.41) is 9.55. The Morgan fingerprint density at radius 3 is 2.91 bits per heavy atom. The average molecular weight is 148 g/mol. The van der Waals surface area contributed by atoms with Gasteiger partial charge in [0.1, 0.15) is 0 Å². The maximum Gasteiger partial charge on any atom is 0.0922 e. The number of fused-ring (bicyclic) bond motifs is 5. The summed E-state index contributed by atoms with van der Waals surface area (Å²) in [4.78, 5) is 0. The first kappa shape index (κ1) is 5.87. The first-order valence-corrected chi connectivity index (χ1v) is 4.43. The van der Waals surface area contributed by atoms with Gasteiger partial charge in [0.05, 0.1) is 5.76 Å². The van der Waals surface area contributed by atoms with Crippen LogP contribution < -0.4 is 0 Å². The molecule has 1 fully saturated rings. The summed E-state index contributed by atoms with van der Waals surface area (Å²) in [6.07, 6.45) is 9.07. The highest BCUT2D eigenvalue weighted by Gasteiger charge is 2.48. The number of allylic oxidation sites excluding steroid dienone is 4. The maximum atomic E-state index is 9.55. The van der Waals surface area contributed by atoms with Crippen molar-refractivity contribution in [3.63, 3.8) is 0 Å². The van der Waals surface area contributed by atoms with Gasteiger partial charge in [-0.15, -0.1) is 0 Å². The molecule has 1 saturated carbocycles. The number of rotatable bonds is 0. The van der Waals surface area contributed by atoms with E-state index in [0.29, 0.717) is 17.6 Å². The second-order valence-corrected chi connectivity index (χ2v) is 4.00. The molecule has 0 aliphatic heterocycles. The van der Waals surface area contributed by atoms with E-state index in [1.54, 1.807) is 0 Å². The largest absolute Gasteiger partial charge is 0.512 e. The Hall–Kier alpha value is -0.720. The van der Waals surface area contributed by atoms with Crippen molar-refractivity contribution in [2.45, 2.75) is 12.8 Å². The molecule has 0 amide bonds. The van der Waals surface area contributed by atoms with E-state index in [9.17, 15) is 5.11 Å². The Bertz CT molecular complexity index is 252. The van der Waals surface area contributed by atoms with Crippen molar-refractivity contribution in [3.8, 4) is 0 Å². The SMILES string of the molecule is OC1=CC[C@H]2[C@@H]1[C@H]1C=C[C@@H]2C1. The lowest BCUT2D eigenvalue weighted by molar-refractivity contribution is 0.276. The van der Waals surface area contributed by atoms with Crippen molar-refractivity contribution in [2.24, 2.45) is 23.7 Å². The molecular formula is C10H12O. The Morgan fingerprint density at radius 1 is 1.27 bits per heavy atom. The van der Waals surface area contributed by atoms with Gasteiger partial charge in [0.15, 0.2) is 0 Å². The van der Waals surface area contributed by atoms with Crippen LogP contribution in [0.1, 0.15) is 12.8 Å². The third-order valence-corrected chi connectivity index (χ3v) is 3.56. The summed E-state index contributed by atoms with van der Waals surface area (Å²) in [6, 6.07) is 0. The topological polar surface area (TPSA) is 20.2 Å². The van der Waals surface area contributed by atoms with Crippen LogP contribution in [0.3, 0.4) is 0 Å². The van der Waals surface area contributed by atoms with Crippen LogP contribution in [0.15, 0.2) is 24.0 Å². The molecule has 3 rings (SSSR count). The molecule has 0 aromatic heterocycles. The molecule has 0 saturated heterocycles. The van der Waals surface area contributed by atoms with E-state index in [2.05, 4.69) is 12.2 Å². The predicted octanol–water partition coefficient (Wildman–Crippen LogP) is 2.27. The molecule has 0 heterocycles. The van der Waals surface area contributed by atoms with Crippen LogP contribution in [0.2, 0.25) is 0 Å². The van der Waals surface area contributed by atoms with Crippen LogP contribution in [0.25, 0.3) is 0 Å². The fourth-order valence-corrected chi connectivity index (χ4v) is 3.08. The van der Waals surface area contributed by atoms with Crippen LogP contribution in [-0.4, -0.2) is 5.11 Å². The quantitative estimate of drug-likeness (QED) is 0.522. The molecule has 58 valence electrons. The van der Waals surface area contributed by atoms with Crippen LogP contribution >= 0.6 is 0 Å². The molecule has 0 radical (unpaired) electrons. The lowest BCUT2D eigenvalue weighted by atomic mass is 9.85. The summed E-state index contributed by atoms with van der Waals surface area (Å²) in [7, 11) is 0. The van der Waals surface area contributed by atoms with Crippen molar-refractivity contribution >= 4 is 0 Å². The fourth-order valence-electron chi connectivity index (χ4n) is 3.08. The van der Waals surface area contributed by atoms with Gasteiger partial charge in [0.25, 0.3) is 0 Å². The summed E-state index contributed by atoms with van der Waals surface area (Å²) in [5.74, 6) is 3.39. The van der Waals surface area contributed by atoms with Gasteiger partial charge in [-0.1, -0.05) is 12.2 Å². The third kappa shape index (κ3) is 0.574. The predicted molar refractivity (Wildman–Crippen MR) is 43.0 cm³/mol. The lowest BCUT2D eigenvalue weighted by Gasteiger charge is -2.20. The zero-order chi connectivity index (χ0) is 7.42. The highest BCUT2D eigenvalue weighted by molar-refractivity contribution is 5.24. The highest BCUT2D eigenvalue weighted by atomic mass is 16.3. The molecule has 1 heteroatoms. The van der Waals surface area contributed by atoms with Gasteiger partial charge in [-0.3, -0.25) is 0 Å². The molecule has 1 nitrogen and oxygen atoms in total. The zero-order valence-electron chi connectivity index (χ0n) is 6.40. The number of hydrogen-bond donors (Lipinski definition) is 1. The molecule has 2 bridgehead atoms. The number of aliphatic hydroxyl groups is 1. The van der Waals surface area contributed by atoms with E-state index in [4.69, 9.17) is 0 Å². The molecule has 1 N–H and O–H groups in total. The maximum absolute atomic E-state index is 9.55. The van der Waals surface area contributed by atoms with E-state index >= 15 is 0 Å². The van der Waals surface area contributed by atoms with E-state index in [1.807, 2.05) is 6.08 Å². The van der Waals surface area contributed by atoms with Crippen molar-refractivity contribution in [3.05, 3.63) is 24.0 Å². The minimum absolute atomic E-state index is 0.505. The molecule has 3 aliphatic carbocycles. The molecular weight excluding hydrogens is 136 g/mol. The summed E-state index contributed by atoms with van der Waals surface area (Å²) < 4.78 is 0. The minimum atomic E-state index is 0.505. The average Bonchev–Trinajstić information content (AvgIpc) is 2.60. The van der Waals surface area contributed by atoms with Gasteiger partial charge in [-0.2, -0.15) is 0 Å². The molecule has 0 aromatic carbocycles. The summed E-state index contributed by atoms with van der Waals surface area (Å²) in [6.45, 7) is 0. The van der Waals surface area contributed by atoms with Gasteiger partial charge < -0.3 is 5.11 Å². The van der Waals surface area contributed by atoms with E-state index in [0.717, 1.165) is 18.3 Å². The van der Waals surface area contributed by atoms with E-state index < -0.39 is 0 Å². The van der Waals surface area contributed by atoms with Crippen molar-refractivity contribution in [2.75, 3.05) is 0 Å². The molecule has 0 spiro atoms. The Labute approximate surface area is 66.4 Å². The van der Waals surface area contributed by atoms with Gasteiger partial charge in [0, 0.05) is 5.92 Å². The van der Waals surface area contributed by atoms with Gasteiger partial charge in [-0.05, 0) is 36.7 Å². The molecule has 11 heavy (non-hydrogen) atoms. The van der Waals surface area contributed by atoms with Crippen LogP contribution in [-0.2, 0) is 0 Å². The molecule has 0 unspecified atom stereocenters. The van der Waals surface area contributed by atoms with Crippen LogP contribution in [0.5, 0.6) is 0 Å². The smallest absolute Gasteiger partial charge is 0.0922 e. The first-order valence-electron chi connectivity index (χ1n) is 4.43. The van der Waals surface area contributed by atoms with Crippen molar-refractivity contribution in [1.29, 1.82) is 0 Å². The number of hydrogen-bond acceptors (Lipinski definition) is 1. The number of aliphatic hydroxyl groups excluding tert-OH is 1. The monoisotopic (exact) mass is 148 g/mol. The Balaban J connectivity index is 2.03. The summed E-state index contributed by atoms with van der Waals surface area (Å²) in [5.41, 5.74) is 0. The standard InChI is InChI=1S/C10H12O/c11-9-4-3-8-6-1-2-7(5-6)10(8)9/h1-2,4,6-8,10-11H,3,5H2/t6-,7+,8-,10+/m1/s1. The second kappa shape index (κ2) is 1.71. The lowest BCUT2D eigenvalue weighted by Crippen LogP contribution is -2.15. The molecule has 4 atom stereocenters. The Kier molecular flexibility index (Phi) is 0.913. The van der Waals surface area contributed by atoms with E-state index in [1.165, 1.54) is 6.42 Å². The van der Waals surface area contributed by atoms with Crippen LogP contribution in [0.4, 0.5) is 0 Å². The molecule has 3 aliphatic rings. The van der Waals surface area contributed by atoms with Gasteiger partial charge in [-0.25, -0.2) is 0 Å². The van der Waals surface area contributed by atoms with Crippen molar-refractivity contribution in [1.82, 2.24) is 0 Å². The normalized spacial score (nSPS) is 51.5. The minimum Gasteiger partial charge on any atom is -0.512 e. The zero-order valence-corrected chi connectivity index (χ0v) is 6.40. The fraction of sp³-hybridized carbons (Fsp3) is 0.600. The van der Waals surface area contributed by atoms with E-state index in [-0.39, 0.29) is 0 Å². The highest BCUT2D eigenvalue weighted by Crippen LogP contribution is 2.54. The van der Waals surface area contributed by atoms with Gasteiger partial charge >= 0.3 is 0 Å². The van der Waals surface area contributed by atoms with Crippen molar-refractivity contribution < 1.29 is 5.11 Å². The first-order chi connectivity index (χ1) is 5.36. The molecule has 0 aromatic rings. The second-order valence-electron chi connectivity index (χ2n) is 4.00. The third-order valence-electron chi connectivity index (χ3n) is 3.56. The van der Waals surface area contributed by atoms with Gasteiger partial charge in [0.2, 0.25) is 0 Å². The summed E-state index contributed by atoms with van der Waals surface area (Å²) >= 11 is 0. The van der Waals surface area contributed by atoms with Crippen LogP contribution in [0, 0.1) is 23.7 Å².